The average Bonchev–Trinajstić information content (AvgIpc) is 2.44. The normalized spacial score (nSPS) is 26.2. The number of carbonyl (C=O) groups excluding carboxylic acids is 1. The number of rotatable bonds is 3. The fourth-order valence-corrected chi connectivity index (χ4v) is 3.43. The number of alkyl halides is 1. The van der Waals surface area contributed by atoms with E-state index in [-0.39, 0.29) is 17.2 Å². The molecule has 0 heterocycles. The van der Waals surface area contributed by atoms with Crippen LogP contribution in [0.25, 0.3) is 0 Å². The van der Waals surface area contributed by atoms with Crippen LogP contribution in [0.2, 0.25) is 0 Å². The molecule has 2 rings (SSSR count). The van der Waals surface area contributed by atoms with Crippen molar-refractivity contribution in [3.05, 3.63) is 27.3 Å². The Balaban J connectivity index is 2.15. The van der Waals surface area contributed by atoms with Crippen molar-refractivity contribution < 1.29 is 9.90 Å². The summed E-state index contributed by atoms with van der Waals surface area (Å²) in [4.78, 5) is 12.4. The molecule has 1 aromatic carbocycles. The fraction of sp³-hybridized carbons (Fsp3) is 0.533. The van der Waals surface area contributed by atoms with Gasteiger partial charge < -0.3 is 10.4 Å². The molecule has 1 fully saturated rings. The highest BCUT2D eigenvalue weighted by molar-refractivity contribution is 14.1. The zero-order chi connectivity index (χ0) is 14.8. The summed E-state index contributed by atoms with van der Waals surface area (Å²) >= 11 is 8.23. The second kappa shape index (κ2) is 6.52. The van der Waals surface area contributed by atoms with Gasteiger partial charge in [-0.2, -0.15) is 0 Å². The highest BCUT2D eigenvalue weighted by Crippen LogP contribution is 2.33. The number of amides is 1. The average molecular weight is 408 g/mol. The van der Waals surface area contributed by atoms with E-state index in [4.69, 9.17) is 11.6 Å². The summed E-state index contributed by atoms with van der Waals surface area (Å²) in [6, 6.07) is 5.01. The Bertz CT molecular complexity index is 499. The Morgan fingerprint density at radius 3 is 2.75 bits per heavy atom. The number of benzene rings is 1. The number of carbonyl (C=O) groups is 1. The molecule has 0 atom stereocenters. The van der Waals surface area contributed by atoms with E-state index in [0.29, 0.717) is 17.4 Å². The first-order chi connectivity index (χ1) is 9.46. The van der Waals surface area contributed by atoms with Crippen LogP contribution in [0, 0.1) is 9.49 Å². The van der Waals surface area contributed by atoms with E-state index >= 15 is 0 Å². The van der Waals surface area contributed by atoms with Gasteiger partial charge in [-0.15, -0.1) is 11.6 Å². The molecule has 0 radical (unpaired) electrons. The van der Waals surface area contributed by atoms with E-state index in [1.54, 1.807) is 18.2 Å². The maximum Gasteiger partial charge on any atom is 0.255 e. The largest absolute Gasteiger partial charge is 0.507 e. The Kier molecular flexibility index (Phi) is 5.18. The van der Waals surface area contributed by atoms with E-state index in [2.05, 4.69) is 34.8 Å². The lowest BCUT2D eigenvalue weighted by atomic mass is 9.78. The minimum atomic E-state index is -0.334. The molecule has 1 amide bonds. The molecule has 1 aliphatic rings. The van der Waals surface area contributed by atoms with Crippen LogP contribution < -0.4 is 5.32 Å². The van der Waals surface area contributed by atoms with Gasteiger partial charge in [0.15, 0.2) is 0 Å². The second-order valence-electron chi connectivity index (χ2n) is 5.71. The third kappa shape index (κ3) is 3.58. The van der Waals surface area contributed by atoms with Crippen molar-refractivity contribution in [3.63, 3.8) is 0 Å². The molecule has 20 heavy (non-hydrogen) atoms. The first kappa shape index (κ1) is 15.9. The summed E-state index contributed by atoms with van der Waals surface area (Å²) < 4.78 is 0.919. The van der Waals surface area contributed by atoms with Crippen LogP contribution >= 0.6 is 34.2 Å². The van der Waals surface area contributed by atoms with E-state index in [9.17, 15) is 9.90 Å². The lowest BCUT2D eigenvalue weighted by Crippen LogP contribution is -2.52. The van der Waals surface area contributed by atoms with Crippen molar-refractivity contribution in [2.45, 2.75) is 38.1 Å². The van der Waals surface area contributed by atoms with Crippen LogP contribution in [0.15, 0.2) is 18.2 Å². The van der Waals surface area contributed by atoms with Gasteiger partial charge in [0.05, 0.1) is 11.1 Å². The van der Waals surface area contributed by atoms with Gasteiger partial charge in [0.25, 0.3) is 5.91 Å². The molecule has 0 saturated heterocycles. The van der Waals surface area contributed by atoms with Gasteiger partial charge in [0.1, 0.15) is 5.75 Å². The van der Waals surface area contributed by atoms with Crippen LogP contribution in [0.4, 0.5) is 0 Å². The zero-order valence-electron chi connectivity index (χ0n) is 11.5. The molecule has 2 N–H and O–H groups in total. The second-order valence-corrected chi connectivity index (χ2v) is 7.22. The number of hydrogen-bond donors (Lipinski definition) is 2. The zero-order valence-corrected chi connectivity index (χ0v) is 14.4. The summed E-state index contributed by atoms with van der Waals surface area (Å²) in [5, 5.41) is 12.9. The molecule has 0 bridgehead atoms. The van der Waals surface area contributed by atoms with E-state index in [0.717, 1.165) is 29.3 Å². The van der Waals surface area contributed by atoms with E-state index < -0.39 is 0 Å². The fourth-order valence-electron chi connectivity index (χ4n) is 2.61. The Labute approximate surface area is 138 Å². The highest BCUT2D eigenvalue weighted by Gasteiger charge is 2.35. The Hall–Kier alpha value is -0.490. The van der Waals surface area contributed by atoms with Crippen molar-refractivity contribution in [3.8, 4) is 5.75 Å². The molecule has 5 heteroatoms. The minimum Gasteiger partial charge on any atom is -0.507 e. The molecule has 0 aliphatic heterocycles. The van der Waals surface area contributed by atoms with Crippen molar-refractivity contribution in [1.82, 2.24) is 5.32 Å². The quantitative estimate of drug-likeness (QED) is 0.589. The third-order valence-electron chi connectivity index (χ3n) is 4.07. The topological polar surface area (TPSA) is 49.3 Å². The van der Waals surface area contributed by atoms with Gasteiger partial charge in [-0.05, 0) is 72.4 Å². The smallest absolute Gasteiger partial charge is 0.255 e. The van der Waals surface area contributed by atoms with Crippen molar-refractivity contribution >= 4 is 40.1 Å². The van der Waals surface area contributed by atoms with Gasteiger partial charge >= 0.3 is 0 Å². The maximum absolute atomic E-state index is 12.4. The predicted octanol–water partition coefficient (Wildman–Crippen LogP) is 3.91. The lowest BCUT2D eigenvalue weighted by Gasteiger charge is -2.38. The Morgan fingerprint density at radius 2 is 2.15 bits per heavy atom. The third-order valence-corrected chi connectivity index (χ3v) is 5.25. The SMILES string of the molecule is CC1CCC(CCl)(NC(=O)c2cc(I)ccc2O)CC1. The standard InChI is InChI=1S/C15H19ClINO2/c1-10-4-6-15(9-16,7-5-10)18-14(20)12-8-11(17)2-3-13(12)19/h2-3,8,10,19H,4-7,9H2,1H3,(H,18,20). The number of halogens is 2. The molecule has 0 spiro atoms. The summed E-state index contributed by atoms with van der Waals surface area (Å²) in [5.41, 5.74) is -0.0150. The number of hydrogen-bond acceptors (Lipinski definition) is 2. The maximum atomic E-state index is 12.4. The van der Waals surface area contributed by atoms with Crippen molar-refractivity contribution in [2.24, 2.45) is 5.92 Å². The summed E-state index contributed by atoms with van der Waals surface area (Å²) in [5.74, 6) is 0.873. The lowest BCUT2D eigenvalue weighted by molar-refractivity contribution is 0.0869. The number of nitrogens with one attached hydrogen (secondary N) is 1. The molecule has 1 aromatic rings. The predicted molar refractivity (Wildman–Crippen MR) is 89.4 cm³/mol. The van der Waals surface area contributed by atoms with Gasteiger partial charge in [0.2, 0.25) is 0 Å². The highest BCUT2D eigenvalue weighted by atomic mass is 127. The van der Waals surface area contributed by atoms with Crippen molar-refractivity contribution in [2.75, 3.05) is 5.88 Å². The van der Waals surface area contributed by atoms with Crippen LogP contribution in [-0.2, 0) is 0 Å². The molecule has 1 aliphatic carbocycles. The molecular formula is C15H19ClINO2. The molecule has 3 nitrogen and oxygen atoms in total. The first-order valence-corrected chi connectivity index (χ1v) is 8.44. The van der Waals surface area contributed by atoms with Crippen LogP contribution in [0.3, 0.4) is 0 Å². The number of phenols is 1. The van der Waals surface area contributed by atoms with Crippen molar-refractivity contribution in [1.29, 1.82) is 0 Å². The summed E-state index contributed by atoms with van der Waals surface area (Å²) in [6.45, 7) is 2.23. The minimum absolute atomic E-state index is 0.0109. The van der Waals surface area contributed by atoms with Gasteiger partial charge in [-0.25, -0.2) is 0 Å². The molecule has 0 aromatic heterocycles. The van der Waals surface area contributed by atoms with Crippen LogP contribution in [-0.4, -0.2) is 22.4 Å². The van der Waals surface area contributed by atoms with Crippen LogP contribution in [0.1, 0.15) is 43.0 Å². The Morgan fingerprint density at radius 1 is 1.50 bits per heavy atom. The van der Waals surface area contributed by atoms with Gasteiger partial charge in [-0.3, -0.25) is 4.79 Å². The summed E-state index contributed by atoms with van der Waals surface area (Å²) in [6.07, 6.45) is 3.94. The summed E-state index contributed by atoms with van der Waals surface area (Å²) in [7, 11) is 0. The monoisotopic (exact) mass is 407 g/mol. The molecule has 1 saturated carbocycles. The molecule has 0 unspecified atom stereocenters. The van der Waals surface area contributed by atoms with E-state index in [1.807, 2.05) is 0 Å². The molecule has 110 valence electrons. The molecular weight excluding hydrogens is 389 g/mol. The first-order valence-electron chi connectivity index (χ1n) is 6.83. The number of aromatic hydroxyl groups is 1. The van der Waals surface area contributed by atoms with Gasteiger partial charge in [-0.1, -0.05) is 6.92 Å². The number of phenolic OH excluding ortho intramolecular Hbond substituents is 1. The van der Waals surface area contributed by atoms with Crippen LogP contribution in [0.5, 0.6) is 5.75 Å². The van der Waals surface area contributed by atoms with E-state index in [1.165, 1.54) is 0 Å². The van der Waals surface area contributed by atoms with Gasteiger partial charge in [0, 0.05) is 9.45 Å².